The summed E-state index contributed by atoms with van der Waals surface area (Å²) in [5.74, 6) is 0.971. The predicted molar refractivity (Wildman–Crippen MR) is 95.7 cm³/mol. The number of halogens is 1. The lowest BCUT2D eigenvalue weighted by atomic mass is 10.1. The summed E-state index contributed by atoms with van der Waals surface area (Å²) in [6.07, 6.45) is 0. The van der Waals surface area contributed by atoms with Gasteiger partial charge in [0, 0.05) is 34.8 Å². The summed E-state index contributed by atoms with van der Waals surface area (Å²) in [5.41, 5.74) is 2.41. The molecule has 4 nitrogen and oxygen atoms in total. The number of hydrogen-bond donors (Lipinski definition) is 0. The largest absolute Gasteiger partial charge is 0.377 e. The van der Waals surface area contributed by atoms with Crippen LogP contribution >= 0.6 is 24.0 Å². The van der Waals surface area contributed by atoms with Gasteiger partial charge in [0.05, 0.1) is 13.2 Å². The smallest absolute Gasteiger partial charge is 0.195 e. The fourth-order valence-corrected chi connectivity index (χ4v) is 1.81. The SMILES string of the molecule is CCOCc1ccc(CN=C(N(C)C)N(C)C)cc1.I. The minimum Gasteiger partial charge on any atom is -0.377 e. The van der Waals surface area contributed by atoms with Gasteiger partial charge in [0.25, 0.3) is 0 Å². The first-order chi connectivity index (χ1) is 9.04. The molecule has 0 unspecified atom stereocenters. The van der Waals surface area contributed by atoms with Gasteiger partial charge in [-0.2, -0.15) is 0 Å². The van der Waals surface area contributed by atoms with Crippen molar-refractivity contribution in [1.82, 2.24) is 9.80 Å². The molecule has 5 heteroatoms. The standard InChI is InChI=1S/C15H25N3O.HI/c1-6-19-12-14-9-7-13(8-10-14)11-16-15(17(2)3)18(4)5;/h7-10H,6,11-12H2,1-5H3;1H. The number of guanidine groups is 1. The van der Waals surface area contributed by atoms with Gasteiger partial charge in [0.1, 0.15) is 0 Å². The van der Waals surface area contributed by atoms with Crippen LogP contribution in [0, 0.1) is 0 Å². The van der Waals surface area contributed by atoms with Crippen LogP contribution in [0.5, 0.6) is 0 Å². The lowest BCUT2D eigenvalue weighted by Crippen LogP contribution is -2.35. The molecule has 0 aromatic heterocycles. The number of benzene rings is 1. The highest BCUT2D eigenvalue weighted by Crippen LogP contribution is 2.07. The Morgan fingerprint density at radius 3 is 1.95 bits per heavy atom. The van der Waals surface area contributed by atoms with E-state index in [0.717, 1.165) is 12.6 Å². The number of nitrogens with zero attached hydrogens (tertiary/aromatic N) is 3. The van der Waals surface area contributed by atoms with E-state index in [0.29, 0.717) is 13.2 Å². The molecular formula is C15H26IN3O. The van der Waals surface area contributed by atoms with Gasteiger partial charge in [0.2, 0.25) is 0 Å². The van der Waals surface area contributed by atoms with Crippen molar-refractivity contribution in [2.45, 2.75) is 20.1 Å². The maximum atomic E-state index is 5.38. The van der Waals surface area contributed by atoms with Crippen molar-refractivity contribution in [2.24, 2.45) is 4.99 Å². The van der Waals surface area contributed by atoms with E-state index in [1.807, 2.05) is 44.9 Å². The number of rotatable bonds is 5. The van der Waals surface area contributed by atoms with E-state index in [4.69, 9.17) is 4.74 Å². The van der Waals surface area contributed by atoms with Crippen LogP contribution < -0.4 is 0 Å². The van der Waals surface area contributed by atoms with E-state index < -0.39 is 0 Å². The zero-order valence-electron chi connectivity index (χ0n) is 13.1. The molecule has 0 N–H and O–H groups in total. The lowest BCUT2D eigenvalue weighted by Gasteiger charge is -2.22. The molecule has 0 fully saturated rings. The molecule has 0 aliphatic heterocycles. The average molecular weight is 391 g/mol. The van der Waals surface area contributed by atoms with Crippen molar-refractivity contribution in [1.29, 1.82) is 0 Å². The molecule has 0 heterocycles. The third kappa shape index (κ3) is 6.56. The zero-order valence-corrected chi connectivity index (χ0v) is 15.4. The highest BCUT2D eigenvalue weighted by atomic mass is 127. The summed E-state index contributed by atoms with van der Waals surface area (Å²) >= 11 is 0. The van der Waals surface area contributed by atoms with Crippen molar-refractivity contribution in [3.63, 3.8) is 0 Å². The first-order valence-electron chi connectivity index (χ1n) is 6.59. The van der Waals surface area contributed by atoms with Crippen LogP contribution in [0.1, 0.15) is 18.1 Å². The molecule has 0 spiro atoms. The second kappa shape index (κ2) is 9.99. The Hall–Kier alpha value is -0.820. The molecule has 0 aliphatic carbocycles. The molecule has 0 saturated carbocycles. The summed E-state index contributed by atoms with van der Waals surface area (Å²) in [5, 5.41) is 0. The fourth-order valence-electron chi connectivity index (χ4n) is 1.81. The maximum Gasteiger partial charge on any atom is 0.195 e. The Morgan fingerprint density at radius 1 is 1.00 bits per heavy atom. The summed E-state index contributed by atoms with van der Waals surface area (Å²) in [4.78, 5) is 8.66. The molecule has 0 saturated heterocycles. The average Bonchev–Trinajstić information content (AvgIpc) is 2.37. The Kier molecular flexibility index (Phi) is 9.58. The van der Waals surface area contributed by atoms with Crippen LogP contribution in [-0.2, 0) is 17.9 Å². The van der Waals surface area contributed by atoms with E-state index >= 15 is 0 Å². The van der Waals surface area contributed by atoms with Gasteiger partial charge in [-0.25, -0.2) is 4.99 Å². The summed E-state index contributed by atoms with van der Waals surface area (Å²) in [6.45, 7) is 4.13. The Labute approximate surface area is 139 Å². The maximum absolute atomic E-state index is 5.38. The van der Waals surface area contributed by atoms with E-state index in [2.05, 4.69) is 29.3 Å². The van der Waals surface area contributed by atoms with E-state index in [1.165, 1.54) is 11.1 Å². The molecule has 1 rings (SSSR count). The van der Waals surface area contributed by atoms with Crippen molar-refractivity contribution in [2.75, 3.05) is 34.8 Å². The molecular weight excluding hydrogens is 365 g/mol. The van der Waals surface area contributed by atoms with Gasteiger partial charge in [-0.05, 0) is 18.1 Å². The zero-order chi connectivity index (χ0) is 14.3. The predicted octanol–water partition coefficient (Wildman–Crippen LogP) is 2.82. The second-order valence-corrected chi connectivity index (χ2v) is 4.86. The van der Waals surface area contributed by atoms with Gasteiger partial charge >= 0.3 is 0 Å². The fraction of sp³-hybridized carbons (Fsp3) is 0.533. The van der Waals surface area contributed by atoms with Crippen molar-refractivity contribution >= 4 is 29.9 Å². The van der Waals surface area contributed by atoms with Gasteiger partial charge in [-0.1, -0.05) is 24.3 Å². The molecule has 20 heavy (non-hydrogen) atoms. The third-order valence-corrected chi connectivity index (χ3v) is 2.70. The van der Waals surface area contributed by atoms with Gasteiger partial charge < -0.3 is 14.5 Å². The minimum absolute atomic E-state index is 0. The van der Waals surface area contributed by atoms with Crippen molar-refractivity contribution in [3.05, 3.63) is 35.4 Å². The molecule has 0 amide bonds. The first-order valence-corrected chi connectivity index (χ1v) is 6.59. The topological polar surface area (TPSA) is 28.1 Å². The van der Waals surface area contributed by atoms with Crippen molar-refractivity contribution < 1.29 is 4.74 Å². The molecule has 0 aliphatic rings. The van der Waals surface area contributed by atoms with Crippen LogP contribution in [0.4, 0.5) is 0 Å². The summed E-state index contributed by atoms with van der Waals surface area (Å²) in [7, 11) is 8.02. The molecule has 0 atom stereocenters. The van der Waals surface area contributed by atoms with Crippen LogP contribution in [0.2, 0.25) is 0 Å². The second-order valence-electron chi connectivity index (χ2n) is 4.86. The van der Waals surface area contributed by atoms with Crippen LogP contribution in [0.15, 0.2) is 29.3 Å². The van der Waals surface area contributed by atoms with Crippen LogP contribution in [0.25, 0.3) is 0 Å². The third-order valence-electron chi connectivity index (χ3n) is 2.70. The summed E-state index contributed by atoms with van der Waals surface area (Å²) in [6, 6.07) is 8.43. The highest BCUT2D eigenvalue weighted by Gasteiger charge is 2.03. The first kappa shape index (κ1) is 19.2. The van der Waals surface area contributed by atoms with Gasteiger partial charge in [-0.3, -0.25) is 0 Å². The van der Waals surface area contributed by atoms with Gasteiger partial charge in [0.15, 0.2) is 5.96 Å². The molecule has 1 aromatic rings. The highest BCUT2D eigenvalue weighted by molar-refractivity contribution is 14.0. The molecule has 114 valence electrons. The number of hydrogen-bond acceptors (Lipinski definition) is 2. The molecule has 0 radical (unpaired) electrons. The quantitative estimate of drug-likeness (QED) is 0.439. The number of ether oxygens (including phenoxy) is 1. The number of aliphatic imine (C=N–C) groups is 1. The van der Waals surface area contributed by atoms with Gasteiger partial charge in [-0.15, -0.1) is 24.0 Å². The van der Waals surface area contributed by atoms with E-state index in [1.54, 1.807) is 0 Å². The van der Waals surface area contributed by atoms with Crippen molar-refractivity contribution in [3.8, 4) is 0 Å². The Morgan fingerprint density at radius 2 is 1.50 bits per heavy atom. The normalized spacial score (nSPS) is 9.65. The Balaban J connectivity index is 0.00000361. The molecule has 0 bridgehead atoms. The van der Waals surface area contributed by atoms with E-state index in [9.17, 15) is 0 Å². The summed E-state index contributed by atoms with van der Waals surface area (Å²) < 4.78 is 5.38. The lowest BCUT2D eigenvalue weighted by molar-refractivity contribution is 0.134. The minimum atomic E-state index is 0. The van der Waals surface area contributed by atoms with Crippen LogP contribution in [-0.4, -0.2) is 50.6 Å². The Bertz CT molecular complexity index is 392. The van der Waals surface area contributed by atoms with Crippen LogP contribution in [0.3, 0.4) is 0 Å². The van der Waals surface area contributed by atoms with E-state index in [-0.39, 0.29) is 24.0 Å². The molecule has 1 aromatic carbocycles. The monoisotopic (exact) mass is 391 g/mol.